The predicted octanol–water partition coefficient (Wildman–Crippen LogP) is 2.72. The van der Waals surface area contributed by atoms with Crippen molar-refractivity contribution in [2.24, 2.45) is 11.3 Å². The molecule has 25 heavy (non-hydrogen) atoms. The van der Waals surface area contributed by atoms with Crippen molar-refractivity contribution >= 4 is 11.8 Å². The standard InChI is InChI=1S/C19H28O6/c1-4-18(2,3)17(21)23-15-12(20)10-11-13(15)22-16-14(11)24-19(25-16)8-6-5-7-9-19/h11,13-16H,4-10H2,1-3H3/t11?,13?,14-,15?,16-/m1/s1. The summed E-state index contributed by atoms with van der Waals surface area (Å²) in [5.41, 5.74) is -0.605. The maximum absolute atomic E-state index is 12.4. The lowest BCUT2D eigenvalue weighted by molar-refractivity contribution is -0.246. The van der Waals surface area contributed by atoms with Crippen LogP contribution >= 0.6 is 0 Å². The Kier molecular flexibility index (Phi) is 4.21. The fraction of sp³-hybridized carbons (Fsp3) is 0.895. The maximum atomic E-state index is 12.4. The van der Waals surface area contributed by atoms with Crippen LogP contribution in [0.2, 0.25) is 0 Å². The lowest BCUT2D eigenvalue weighted by Gasteiger charge is -2.33. The summed E-state index contributed by atoms with van der Waals surface area (Å²) in [5, 5.41) is 0. The van der Waals surface area contributed by atoms with Crippen LogP contribution in [-0.4, -0.2) is 42.1 Å². The SMILES string of the molecule is CCC(C)(C)C(=O)OC1C(=O)CC2C1O[C@@H]1OC3(CCCCC3)O[C@H]21. The molecule has 2 heterocycles. The maximum Gasteiger partial charge on any atom is 0.312 e. The average Bonchev–Trinajstić information content (AvgIpc) is 3.17. The summed E-state index contributed by atoms with van der Waals surface area (Å²) in [6, 6.07) is 0. The number of esters is 1. The zero-order valence-electron chi connectivity index (χ0n) is 15.3. The number of carbonyl (C=O) groups is 2. The van der Waals surface area contributed by atoms with Gasteiger partial charge < -0.3 is 18.9 Å². The van der Waals surface area contributed by atoms with Crippen molar-refractivity contribution in [2.75, 3.05) is 0 Å². The highest BCUT2D eigenvalue weighted by Crippen LogP contribution is 2.50. The second-order valence-electron chi connectivity index (χ2n) is 8.54. The summed E-state index contributed by atoms with van der Waals surface area (Å²) >= 11 is 0. The van der Waals surface area contributed by atoms with Crippen molar-refractivity contribution in [3.63, 3.8) is 0 Å². The summed E-state index contributed by atoms with van der Waals surface area (Å²) in [5.74, 6) is -1.02. The van der Waals surface area contributed by atoms with Crippen molar-refractivity contribution in [1.82, 2.24) is 0 Å². The number of Topliss-reactive ketones (excluding diaryl/α,β-unsaturated/α-hetero) is 1. The minimum atomic E-state index is -0.830. The van der Waals surface area contributed by atoms with Gasteiger partial charge in [0.25, 0.3) is 0 Å². The first kappa shape index (κ1) is 17.4. The van der Waals surface area contributed by atoms with Gasteiger partial charge in [-0.25, -0.2) is 0 Å². The molecule has 4 rings (SSSR count). The van der Waals surface area contributed by atoms with Crippen molar-refractivity contribution in [2.45, 2.75) is 96.1 Å². The Hall–Kier alpha value is -0.980. The molecule has 4 fully saturated rings. The first-order valence-corrected chi connectivity index (χ1v) is 9.60. The van der Waals surface area contributed by atoms with E-state index in [0.29, 0.717) is 12.8 Å². The first-order chi connectivity index (χ1) is 11.9. The van der Waals surface area contributed by atoms with Crippen molar-refractivity contribution in [1.29, 1.82) is 0 Å². The minimum Gasteiger partial charge on any atom is -0.451 e. The molecule has 0 amide bonds. The van der Waals surface area contributed by atoms with E-state index in [1.54, 1.807) is 0 Å². The fourth-order valence-corrected chi connectivity index (χ4v) is 4.39. The molecule has 0 aromatic carbocycles. The summed E-state index contributed by atoms with van der Waals surface area (Å²) in [6.07, 6.45) is 4.21. The van der Waals surface area contributed by atoms with Crippen molar-refractivity contribution in [3.8, 4) is 0 Å². The van der Waals surface area contributed by atoms with Crippen molar-refractivity contribution < 1.29 is 28.5 Å². The zero-order chi connectivity index (χ0) is 17.8. The molecule has 0 aromatic heterocycles. The van der Waals surface area contributed by atoms with E-state index in [9.17, 15) is 9.59 Å². The van der Waals surface area contributed by atoms with Crippen LogP contribution < -0.4 is 0 Å². The van der Waals surface area contributed by atoms with E-state index in [2.05, 4.69) is 0 Å². The lowest BCUT2D eigenvalue weighted by Crippen LogP contribution is -2.40. The summed E-state index contributed by atoms with van der Waals surface area (Å²) in [4.78, 5) is 24.8. The molecule has 0 N–H and O–H groups in total. The molecule has 6 heteroatoms. The van der Waals surface area contributed by atoms with E-state index in [1.807, 2.05) is 20.8 Å². The topological polar surface area (TPSA) is 71.1 Å². The van der Waals surface area contributed by atoms with Gasteiger partial charge in [0, 0.05) is 25.2 Å². The molecule has 6 nitrogen and oxygen atoms in total. The van der Waals surface area contributed by atoms with Gasteiger partial charge in [0.2, 0.25) is 0 Å². The summed E-state index contributed by atoms with van der Waals surface area (Å²) in [6.45, 7) is 5.59. The van der Waals surface area contributed by atoms with E-state index in [1.165, 1.54) is 6.42 Å². The van der Waals surface area contributed by atoms with Gasteiger partial charge in [0.15, 0.2) is 24.0 Å². The molecule has 3 unspecified atom stereocenters. The molecule has 0 radical (unpaired) electrons. The van der Waals surface area contributed by atoms with Crippen LogP contribution in [0.15, 0.2) is 0 Å². The van der Waals surface area contributed by atoms with E-state index in [0.717, 1.165) is 25.7 Å². The third kappa shape index (κ3) is 2.82. The largest absolute Gasteiger partial charge is 0.451 e. The van der Waals surface area contributed by atoms with Crippen molar-refractivity contribution in [3.05, 3.63) is 0 Å². The van der Waals surface area contributed by atoms with Crippen LogP contribution in [0.4, 0.5) is 0 Å². The van der Waals surface area contributed by atoms with Gasteiger partial charge in [-0.15, -0.1) is 0 Å². The summed E-state index contributed by atoms with van der Waals surface area (Å²) < 4.78 is 24.0. The van der Waals surface area contributed by atoms with E-state index < -0.39 is 29.7 Å². The molecule has 0 aromatic rings. The molecule has 140 valence electrons. The van der Waals surface area contributed by atoms with Crippen LogP contribution in [0, 0.1) is 11.3 Å². The van der Waals surface area contributed by atoms with E-state index in [-0.39, 0.29) is 23.8 Å². The van der Waals surface area contributed by atoms with E-state index in [4.69, 9.17) is 18.9 Å². The zero-order valence-corrected chi connectivity index (χ0v) is 15.3. The van der Waals surface area contributed by atoms with Crippen LogP contribution in [0.5, 0.6) is 0 Å². The molecular formula is C19H28O6. The number of hydrogen-bond acceptors (Lipinski definition) is 6. The normalized spacial score (nSPS) is 39.5. The first-order valence-electron chi connectivity index (χ1n) is 9.60. The number of carbonyl (C=O) groups excluding carboxylic acids is 2. The van der Waals surface area contributed by atoms with Crippen LogP contribution in [0.3, 0.4) is 0 Å². The fourth-order valence-electron chi connectivity index (χ4n) is 4.39. The summed E-state index contributed by atoms with van der Waals surface area (Å²) in [7, 11) is 0. The number of hydrogen-bond donors (Lipinski definition) is 0. The molecule has 0 bridgehead atoms. The molecule has 2 saturated heterocycles. The van der Waals surface area contributed by atoms with Gasteiger partial charge in [-0.2, -0.15) is 0 Å². The van der Waals surface area contributed by atoms with Gasteiger partial charge in [-0.1, -0.05) is 13.3 Å². The molecule has 2 saturated carbocycles. The highest BCUT2D eigenvalue weighted by molar-refractivity contribution is 5.89. The molecule has 4 aliphatic rings. The van der Waals surface area contributed by atoms with E-state index >= 15 is 0 Å². The van der Waals surface area contributed by atoms with Crippen LogP contribution in [-0.2, 0) is 28.5 Å². The second-order valence-corrected chi connectivity index (χ2v) is 8.54. The molecule has 2 aliphatic heterocycles. The second kappa shape index (κ2) is 6.03. The highest BCUT2D eigenvalue weighted by Gasteiger charge is 2.63. The Morgan fingerprint density at radius 1 is 1.20 bits per heavy atom. The Balaban J connectivity index is 1.45. The third-order valence-electron chi connectivity index (χ3n) is 6.42. The molecule has 2 aliphatic carbocycles. The predicted molar refractivity (Wildman–Crippen MR) is 87.5 cm³/mol. The van der Waals surface area contributed by atoms with Crippen LogP contribution in [0.25, 0.3) is 0 Å². The van der Waals surface area contributed by atoms with Crippen LogP contribution in [0.1, 0.15) is 65.7 Å². The Morgan fingerprint density at radius 3 is 2.60 bits per heavy atom. The molecular weight excluding hydrogens is 324 g/mol. The Bertz CT molecular complexity index is 564. The number of rotatable bonds is 3. The highest BCUT2D eigenvalue weighted by atomic mass is 16.8. The number of ether oxygens (including phenoxy) is 4. The smallest absolute Gasteiger partial charge is 0.312 e. The molecule has 1 spiro atoms. The lowest BCUT2D eigenvalue weighted by atomic mass is 9.90. The quantitative estimate of drug-likeness (QED) is 0.727. The van der Waals surface area contributed by atoms with Gasteiger partial charge in [-0.3, -0.25) is 9.59 Å². The Labute approximate surface area is 148 Å². The number of ketones is 1. The Morgan fingerprint density at radius 2 is 1.92 bits per heavy atom. The molecule has 5 atom stereocenters. The van der Waals surface area contributed by atoms with Gasteiger partial charge in [0.1, 0.15) is 12.2 Å². The third-order valence-corrected chi connectivity index (χ3v) is 6.42. The monoisotopic (exact) mass is 352 g/mol. The van der Waals surface area contributed by atoms with Gasteiger partial charge >= 0.3 is 5.97 Å². The van der Waals surface area contributed by atoms with Gasteiger partial charge in [-0.05, 0) is 33.1 Å². The number of fused-ring (bicyclic) bond motifs is 3. The van der Waals surface area contributed by atoms with Gasteiger partial charge in [0.05, 0.1) is 5.41 Å². The minimum absolute atomic E-state index is 0.0677. The average molecular weight is 352 g/mol.